The average Bonchev–Trinajstić information content (AvgIpc) is 2.80. The van der Waals surface area contributed by atoms with Gasteiger partial charge in [-0.3, -0.25) is 14.9 Å². The Bertz CT molecular complexity index is 556. The van der Waals surface area contributed by atoms with Crippen LogP contribution in [0.1, 0.15) is 13.3 Å². The van der Waals surface area contributed by atoms with Crippen molar-refractivity contribution in [2.75, 3.05) is 18.1 Å². The number of carbonyl (C=O) groups excluding carboxylic acids is 1. The first kappa shape index (κ1) is 14.0. The zero-order chi connectivity index (χ0) is 14.7. The monoisotopic (exact) mass is 276 g/mol. The van der Waals surface area contributed by atoms with E-state index in [4.69, 9.17) is 4.74 Å². The van der Waals surface area contributed by atoms with Gasteiger partial charge in [-0.05, 0) is 19.1 Å². The molecule has 1 aromatic rings. The van der Waals surface area contributed by atoms with E-state index in [0.29, 0.717) is 31.0 Å². The highest BCUT2D eigenvalue weighted by Gasteiger charge is 2.33. The Kier molecular flexibility index (Phi) is 4.02. The van der Waals surface area contributed by atoms with Crippen LogP contribution in [0.3, 0.4) is 0 Å². The molecule has 1 saturated heterocycles. The lowest BCUT2D eigenvalue weighted by Gasteiger charge is -2.16. The first-order valence-electron chi connectivity index (χ1n) is 6.41. The van der Waals surface area contributed by atoms with Gasteiger partial charge in [-0.2, -0.15) is 0 Å². The smallest absolute Gasteiger partial charge is 0.296 e. The molecule has 0 aromatic heterocycles. The lowest BCUT2D eigenvalue weighted by molar-refractivity contribution is -0.384. The van der Waals surface area contributed by atoms with Crippen LogP contribution >= 0.6 is 0 Å². The highest BCUT2D eigenvalue weighted by atomic mass is 16.6. The summed E-state index contributed by atoms with van der Waals surface area (Å²) in [6, 6.07) is 4.56. The molecule has 1 amide bonds. The standard InChI is InChI=1S/C14H16N2O4/c1-3-10-7-14(17)15(9-10)12-6-5-11(20-4-2)8-13(12)16(18)19/h3,5-6,8,10H,1,4,7,9H2,2H3. The summed E-state index contributed by atoms with van der Waals surface area (Å²) in [5.41, 5.74) is 0.196. The predicted octanol–water partition coefficient (Wildman–Crippen LogP) is 2.53. The maximum Gasteiger partial charge on any atom is 0.296 e. The van der Waals surface area contributed by atoms with Crippen molar-refractivity contribution >= 4 is 17.3 Å². The minimum Gasteiger partial charge on any atom is -0.494 e. The Morgan fingerprint density at radius 1 is 1.60 bits per heavy atom. The van der Waals surface area contributed by atoms with Gasteiger partial charge in [0, 0.05) is 18.9 Å². The van der Waals surface area contributed by atoms with Crippen molar-refractivity contribution in [1.82, 2.24) is 0 Å². The van der Waals surface area contributed by atoms with Gasteiger partial charge in [-0.25, -0.2) is 0 Å². The summed E-state index contributed by atoms with van der Waals surface area (Å²) < 4.78 is 5.26. The van der Waals surface area contributed by atoms with Gasteiger partial charge in [-0.15, -0.1) is 6.58 Å². The molecule has 1 aliphatic heterocycles. The third-order valence-corrected chi connectivity index (χ3v) is 3.23. The molecule has 0 radical (unpaired) electrons. The van der Waals surface area contributed by atoms with Gasteiger partial charge in [0.05, 0.1) is 17.6 Å². The van der Waals surface area contributed by atoms with Crippen LogP contribution in [0, 0.1) is 16.0 Å². The van der Waals surface area contributed by atoms with Crippen LogP contribution in [0.2, 0.25) is 0 Å². The fraction of sp³-hybridized carbons (Fsp3) is 0.357. The molecule has 1 aromatic carbocycles. The molecule has 1 fully saturated rings. The molecule has 106 valence electrons. The highest BCUT2D eigenvalue weighted by Crippen LogP contribution is 2.35. The number of nitro benzene ring substituents is 1. The number of hydrogen-bond acceptors (Lipinski definition) is 4. The topological polar surface area (TPSA) is 72.7 Å². The second-order valence-corrected chi connectivity index (χ2v) is 4.54. The number of carbonyl (C=O) groups is 1. The van der Waals surface area contributed by atoms with E-state index in [1.165, 1.54) is 11.0 Å². The fourth-order valence-corrected chi connectivity index (χ4v) is 2.26. The van der Waals surface area contributed by atoms with Gasteiger partial charge < -0.3 is 9.64 Å². The number of nitro groups is 1. The van der Waals surface area contributed by atoms with E-state index in [9.17, 15) is 14.9 Å². The van der Waals surface area contributed by atoms with Crippen molar-refractivity contribution in [2.45, 2.75) is 13.3 Å². The molecule has 0 bridgehead atoms. The lowest BCUT2D eigenvalue weighted by Crippen LogP contribution is -2.25. The number of rotatable bonds is 5. The molecular weight excluding hydrogens is 260 g/mol. The van der Waals surface area contributed by atoms with Crippen LogP contribution in [0.25, 0.3) is 0 Å². The van der Waals surface area contributed by atoms with Crippen LogP contribution in [0.5, 0.6) is 5.75 Å². The van der Waals surface area contributed by atoms with Gasteiger partial charge in [-0.1, -0.05) is 6.08 Å². The predicted molar refractivity (Wildman–Crippen MR) is 74.9 cm³/mol. The Balaban J connectivity index is 2.38. The van der Waals surface area contributed by atoms with Gasteiger partial charge in [0.1, 0.15) is 11.4 Å². The molecule has 6 heteroatoms. The molecule has 0 saturated carbocycles. The maximum atomic E-state index is 12.0. The summed E-state index contributed by atoms with van der Waals surface area (Å²) in [4.78, 5) is 24.1. The molecule has 20 heavy (non-hydrogen) atoms. The van der Waals surface area contributed by atoms with Gasteiger partial charge in [0.2, 0.25) is 5.91 Å². The summed E-state index contributed by atoms with van der Waals surface area (Å²) in [5, 5.41) is 11.2. The lowest BCUT2D eigenvalue weighted by atomic mass is 10.1. The van der Waals surface area contributed by atoms with E-state index >= 15 is 0 Å². The third kappa shape index (κ3) is 2.64. The van der Waals surface area contributed by atoms with Crippen LogP contribution in [-0.4, -0.2) is 24.0 Å². The molecule has 1 unspecified atom stereocenters. The van der Waals surface area contributed by atoms with E-state index in [1.807, 2.05) is 0 Å². The Hall–Kier alpha value is -2.37. The number of hydrogen-bond donors (Lipinski definition) is 0. The number of anilines is 1. The van der Waals surface area contributed by atoms with Crippen molar-refractivity contribution in [3.63, 3.8) is 0 Å². The Morgan fingerprint density at radius 2 is 2.35 bits per heavy atom. The SMILES string of the molecule is C=CC1CC(=O)N(c2ccc(OCC)cc2[N+](=O)[O-])C1. The van der Waals surface area contributed by atoms with E-state index in [2.05, 4.69) is 6.58 Å². The van der Waals surface area contributed by atoms with Gasteiger partial charge >= 0.3 is 0 Å². The van der Waals surface area contributed by atoms with Crippen LogP contribution in [-0.2, 0) is 4.79 Å². The largest absolute Gasteiger partial charge is 0.494 e. The highest BCUT2D eigenvalue weighted by molar-refractivity contribution is 5.98. The van der Waals surface area contributed by atoms with E-state index in [1.54, 1.807) is 25.1 Å². The van der Waals surface area contributed by atoms with Crippen molar-refractivity contribution in [1.29, 1.82) is 0 Å². The summed E-state index contributed by atoms with van der Waals surface area (Å²) in [7, 11) is 0. The fourth-order valence-electron chi connectivity index (χ4n) is 2.26. The van der Waals surface area contributed by atoms with Gasteiger partial charge in [0.25, 0.3) is 5.69 Å². The summed E-state index contributed by atoms with van der Waals surface area (Å²) in [6.45, 7) is 6.33. The first-order chi connectivity index (χ1) is 9.56. The minimum absolute atomic E-state index is 0.0358. The molecular formula is C14H16N2O4. The van der Waals surface area contributed by atoms with E-state index in [0.717, 1.165) is 0 Å². The number of amides is 1. The van der Waals surface area contributed by atoms with E-state index in [-0.39, 0.29) is 17.5 Å². The van der Waals surface area contributed by atoms with Crippen LogP contribution < -0.4 is 9.64 Å². The normalized spacial score (nSPS) is 18.1. The van der Waals surface area contributed by atoms with E-state index < -0.39 is 4.92 Å². The molecule has 0 N–H and O–H groups in total. The molecule has 1 aliphatic rings. The second-order valence-electron chi connectivity index (χ2n) is 4.54. The molecule has 0 spiro atoms. The average molecular weight is 276 g/mol. The van der Waals surface area contributed by atoms with Crippen molar-refractivity contribution < 1.29 is 14.5 Å². The molecule has 6 nitrogen and oxygen atoms in total. The second kappa shape index (κ2) is 5.73. The van der Waals surface area contributed by atoms with Crippen LogP contribution in [0.15, 0.2) is 30.9 Å². The number of ether oxygens (including phenoxy) is 1. The van der Waals surface area contributed by atoms with Gasteiger partial charge in [0.15, 0.2) is 0 Å². The van der Waals surface area contributed by atoms with Crippen molar-refractivity contribution in [3.05, 3.63) is 41.0 Å². The molecule has 1 atom stereocenters. The zero-order valence-corrected chi connectivity index (χ0v) is 11.2. The van der Waals surface area contributed by atoms with Crippen molar-refractivity contribution in [3.8, 4) is 5.75 Å². The Labute approximate surface area is 116 Å². The van der Waals surface area contributed by atoms with Crippen LogP contribution in [0.4, 0.5) is 11.4 Å². The zero-order valence-electron chi connectivity index (χ0n) is 11.2. The van der Waals surface area contributed by atoms with Crippen molar-refractivity contribution in [2.24, 2.45) is 5.92 Å². The minimum atomic E-state index is -0.494. The third-order valence-electron chi connectivity index (χ3n) is 3.23. The summed E-state index contributed by atoms with van der Waals surface area (Å²) >= 11 is 0. The molecule has 1 heterocycles. The maximum absolute atomic E-state index is 12.0. The summed E-state index contributed by atoms with van der Waals surface area (Å²) in [5.74, 6) is 0.339. The first-order valence-corrected chi connectivity index (χ1v) is 6.41. The Morgan fingerprint density at radius 3 is 2.90 bits per heavy atom. The number of benzene rings is 1. The summed E-state index contributed by atoms with van der Waals surface area (Å²) in [6.07, 6.45) is 2.05. The molecule has 0 aliphatic carbocycles. The quantitative estimate of drug-likeness (QED) is 0.470. The molecule has 2 rings (SSSR count). The number of nitrogens with zero attached hydrogens (tertiary/aromatic N) is 2.